The van der Waals surface area contributed by atoms with Crippen LogP contribution in [0.25, 0.3) is 5.57 Å². The predicted molar refractivity (Wildman–Crippen MR) is 121 cm³/mol. The molecule has 4 nitrogen and oxygen atoms in total. The summed E-state index contributed by atoms with van der Waals surface area (Å²) in [4.78, 5) is 16.9. The molecule has 0 saturated carbocycles. The van der Waals surface area contributed by atoms with Gasteiger partial charge in [-0.3, -0.25) is 14.9 Å². The van der Waals surface area contributed by atoms with Crippen LogP contribution in [0.15, 0.2) is 101 Å². The molecule has 0 fully saturated rings. The third kappa shape index (κ3) is 4.85. The Morgan fingerprint density at radius 2 is 2.10 bits per heavy atom. The number of rotatable bonds is 6. The summed E-state index contributed by atoms with van der Waals surface area (Å²) in [5.41, 5.74) is 6.60. The molecule has 0 aliphatic heterocycles. The normalized spacial score (nSPS) is 20.8. The number of aromatic nitrogens is 2. The molecule has 1 N–H and O–H groups in total. The molecule has 2 aliphatic rings. The van der Waals surface area contributed by atoms with Gasteiger partial charge in [0.2, 0.25) is 0 Å². The van der Waals surface area contributed by atoms with E-state index in [0.29, 0.717) is 12.1 Å². The second-order valence-corrected chi connectivity index (χ2v) is 6.73. The van der Waals surface area contributed by atoms with Crippen molar-refractivity contribution in [3.8, 4) is 0 Å². The number of nitrogens with one attached hydrogen (secondary N) is 1. The number of hydrogen-bond donors (Lipinski definition) is 1. The number of aromatic amines is 1. The number of carbonyl (C=O) groups is 1. The van der Waals surface area contributed by atoms with Gasteiger partial charge < -0.3 is 0 Å². The average Bonchev–Trinajstić information content (AvgIpc) is 3.08. The van der Waals surface area contributed by atoms with E-state index in [1.807, 2.05) is 62.6 Å². The number of allylic oxidation sites excluding steroid dienone is 15. The lowest BCUT2D eigenvalue weighted by Crippen LogP contribution is -2.01. The number of H-pyrrole nitrogens is 1. The van der Waals surface area contributed by atoms with E-state index in [1.54, 1.807) is 0 Å². The highest BCUT2D eigenvalue weighted by Gasteiger charge is 2.15. The molecule has 0 bridgehead atoms. The van der Waals surface area contributed by atoms with Crippen molar-refractivity contribution in [2.45, 2.75) is 26.8 Å². The third-order valence-electron chi connectivity index (χ3n) is 4.72. The van der Waals surface area contributed by atoms with E-state index in [-0.39, 0.29) is 5.78 Å². The molecule has 1 heterocycles. The molecule has 1 aromatic rings. The highest BCUT2D eigenvalue weighted by Crippen LogP contribution is 2.28. The summed E-state index contributed by atoms with van der Waals surface area (Å²) in [6.45, 7) is 8.12. The molecular formula is C25H25N3O. The first-order valence-corrected chi connectivity index (χ1v) is 9.65. The molecule has 1 aromatic heterocycles. The number of ketones is 1. The van der Waals surface area contributed by atoms with Crippen molar-refractivity contribution in [1.82, 2.24) is 10.2 Å². The van der Waals surface area contributed by atoms with Gasteiger partial charge in [0.15, 0.2) is 5.78 Å². The summed E-state index contributed by atoms with van der Waals surface area (Å²) in [6, 6.07) is 0. The van der Waals surface area contributed by atoms with E-state index >= 15 is 0 Å². The Morgan fingerprint density at radius 1 is 1.28 bits per heavy atom. The standard InChI is InChI=1S/C25H25N3O/c1-4-9-18(3)26-17-24-23(16-27-28-24)20-11-8-13-21-19(14-15-20)10-6-7-12-22(21)25(29)5-2/h4-5,7-16H,2,6,17H2,1,3H3,(H,27,28)/b9-4-,13-8+,15-14-,20-11-,26-18?. The third-order valence-corrected chi connectivity index (χ3v) is 4.72. The zero-order valence-corrected chi connectivity index (χ0v) is 16.9. The highest BCUT2D eigenvalue weighted by molar-refractivity contribution is 6.07. The molecule has 29 heavy (non-hydrogen) atoms. The molecule has 0 radical (unpaired) electrons. The first-order chi connectivity index (χ1) is 14.1. The van der Waals surface area contributed by atoms with Crippen LogP contribution >= 0.6 is 0 Å². The van der Waals surface area contributed by atoms with Crippen molar-refractivity contribution in [3.63, 3.8) is 0 Å². The van der Waals surface area contributed by atoms with Crippen molar-refractivity contribution in [3.05, 3.63) is 108 Å². The molecule has 0 unspecified atom stereocenters. The van der Waals surface area contributed by atoms with Crippen LogP contribution in [-0.4, -0.2) is 21.7 Å². The second-order valence-electron chi connectivity index (χ2n) is 6.73. The first kappa shape index (κ1) is 20.2. The SMILES string of the molecule is C=CC(=O)C1=C2/C=C/C=C(c3cn[nH]c3CN=C(C)/C=C\C)/C=C\C2=CCC=C1. The van der Waals surface area contributed by atoms with Crippen molar-refractivity contribution in [1.29, 1.82) is 0 Å². The Kier molecular flexibility index (Phi) is 6.69. The van der Waals surface area contributed by atoms with Crippen molar-refractivity contribution in [2.75, 3.05) is 0 Å². The van der Waals surface area contributed by atoms with Crippen LogP contribution in [0.1, 0.15) is 31.5 Å². The van der Waals surface area contributed by atoms with E-state index in [0.717, 1.165) is 40.1 Å². The molecule has 3 rings (SSSR count). The molecular weight excluding hydrogens is 358 g/mol. The van der Waals surface area contributed by atoms with E-state index < -0.39 is 0 Å². The number of aliphatic imine (C=N–C) groups is 1. The fourth-order valence-corrected chi connectivity index (χ4v) is 3.25. The van der Waals surface area contributed by atoms with Gasteiger partial charge in [-0.1, -0.05) is 61.3 Å². The largest absolute Gasteiger partial charge is 0.289 e. The van der Waals surface area contributed by atoms with Crippen LogP contribution in [0.3, 0.4) is 0 Å². The van der Waals surface area contributed by atoms with Gasteiger partial charge in [-0.2, -0.15) is 5.10 Å². The van der Waals surface area contributed by atoms with Gasteiger partial charge in [0.05, 0.1) is 18.4 Å². The van der Waals surface area contributed by atoms with Crippen molar-refractivity contribution in [2.24, 2.45) is 4.99 Å². The molecule has 0 spiro atoms. The van der Waals surface area contributed by atoms with Crippen molar-refractivity contribution >= 4 is 17.1 Å². The van der Waals surface area contributed by atoms with E-state index in [9.17, 15) is 4.79 Å². The number of fused-ring (bicyclic) bond motifs is 1. The Labute approximate surface area is 171 Å². The van der Waals surface area contributed by atoms with E-state index in [1.165, 1.54) is 6.08 Å². The maximum absolute atomic E-state index is 12.3. The second kappa shape index (κ2) is 9.60. The quantitative estimate of drug-likeness (QED) is 0.528. The number of nitrogens with zero attached hydrogens (tertiary/aromatic N) is 2. The molecule has 0 atom stereocenters. The Hall–Kier alpha value is -3.53. The Bertz CT molecular complexity index is 1050. The summed E-state index contributed by atoms with van der Waals surface area (Å²) in [6.07, 6.45) is 24.0. The lowest BCUT2D eigenvalue weighted by Gasteiger charge is -2.10. The molecule has 4 heteroatoms. The van der Waals surface area contributed by atoms with Crippen LogP contribution in [0, 0.1) is 0 Å². The summed E-state index contributed by atoms with van der Waals surface area (Å²) in [7, 11) is 0. The fraction of sp³-hybridized carbons (Fsp3) is 0.160. The highest BCUT2D eigenvalue weighted by atomic mass is 16.1. The van der Waals surface area contributed by atoms with Gasteiger partial charge in [0.1, 0.15) is 0 Å². The van der Waals surface area contributed by atoms with Gasteiger partial charge in [0, 0.05) is 16.8 Å². The smallest absolute Gasteiger partial charge is 0.185 e. The minimum Gasteiger partial charge on any atom is -0.289 e. The van der Waals surface area contributed by atoms with Crippen molar-refractivity contribution < 1.29 is 4.79 Å². The Morgan fingerprint density at radius 3 is 2.90 bits per heavy atom. The maximum atomic E-state index is 12.3. The number of carbonyl (C=O) groups excluding carboxylic acids is 1. The van der Waals surface area contributed by atoms with Gasteiger partial charge in [-0.25, -0.2) is 0 Å². The first-order valence-electron chi connectivity index (χ1n) is 9.65. The van der Waals surface area contributed by atoms with Gasteiger partial charge in [-0.05, 0) is 49.1 Å². The molecule has 0 saturated heterocycles. The maximum Gasteiger partial charge on any atom is 0.185 e. The minimum absolute atomic E-state index is 0.0710. The fourth-order valence-electron chi connectivity index (χ4n) is 3.25. The van der Waals surface area contributed by atoms with Crippen LogP contribution in [0.2, 0.25) is 0 Å². The van der Waals surface area contributed by atoms with Gasteiger partial charge in [-0.15, -0.1) is 0 Å². The summed E-state index contributed by atoms with van der Waals surface area (Å²) in [5.74, 6) is -0.0710. The summed E-state index contributed by atoms with van der Waals surface area (Å²) >= 11 is 0. The van der Waals surface area contributed by atoms with Gasteiger partial charge >= 0.3 is 0 Å². The van der Waals surface area contributed by atoms with Crippen LogP contribution < -0.4 is 0 Å². The zero-order valence-electron chi connectivity index (χ0n) is 16.9. The number of hydrogen-bond acceptors (Lipinski definition) is 3. The van der Waals surface area contributed by atoms with Gasteiger partial charge in [0.25, 0.3) is 0 Å². The summed E-state index contributed by atoms with van der Waals surface area (Å²) in [5, 5.41) is 7.28. The molecule has 0 aromatic carbocycles. The topological polar surface area (TPSA) is 58.1 Å². The monoisotopic (exact) mass is 383 g/mol. The lowest BCUT2D eigenvalue weighted by atomic mass is 9.93. The summed E-state index contributed by atoms with van der Waals surface area (Å²) < 4.78 is 0. The van der Waals surface area contributed by atoms with E-state index in [4.69, 9.17) is 0 Å². The van der Waals surface area contributed by atoms with Crippen LogP contribution in [-0.2, 0) is 11.3 Å². The minimum atomic E-state index is -0.0710. The average molecular weight is 383 g/mol. The van der Waals surface area contributed by atoms with Crippen LogP contribution in [0.4, 0.5) is 0 Å². The Balaban J connectivity index is 1.97. The lowest BCUT2D eigenvalue weighted by molar-refractivity contribution is -0.111. The van der Waals surface area contributed by atoms with E-state index in [2.05, 4.69) is 40.0 Å². The predicted octanol–water partition coefficient (Wildman–Crippen LogP) is 5.39. The molecule has 0 amide bonds. The molecule has 2 aliphatic carbocycles. The molecule has 146 valence electrons. The zero-order chi connectivity index (χ0) is 20.6. The van der Waals surface area contributed by atoms with Crippen LogP contribution in [0.5, 0.6) is 0 Å².